The first-order valence-electron chi connectivity index (χ1n) is 8.21. The van der Waals surface area contributed by atoms with Crippen LogP contribution in [0.3, 0.4) is 0 Å². The zero-order chi connectivity index (χ0) is 18.4. The summed E-state index contributed by atoms with van der Waals surface area (Å²) in [5.41, 5.74) is 3.16. The quantitative estimate of drug-likeness (QED) is 0.565. The molecule has 5 heteroatoms. The molecule has 0 saturated carbocycles. The maximum absolute atomic E-state index is 5.81. The predicted octanol–water partition coefficient (Wildman–Crippen LogP) is 4.96. The molecule has 0 saturated heterocycles. The van der Waals surface area contributed by atoms with Gasteiger partial charge in [-0.05, 0) is 37.3 Å². The third-order valence-corrected chi connectivity index (χ3v) is 3.75. The Hall–Kier alpha value is -3.34. The van der Waals surface area contributed by atoms with Crippen molar-refractivity contribution in [2.24, 2.45) is 0 Å². The summed E-state index contributed by atoms with van der Waals surface area (Å²) >= 11 is 0. The van der Waals surface area contributed by atoms with Crippen LogP contribution in [-0.4, -0.2) is 17.1 Å². The summed E-state index contributed by atoms with van der Waals surface area (Å²) in [6.45, 7) is 5.98. The van der Waals surface area contributed by atoms with Crippen LogP contribution in [0.4, 0.5) is 0 Å². The van der Waals surface area contributed by atoms with Crippen LogP contribution in [0.2, 0.25) is 0 Å². The smallest absolute Gasteiger partial charge is 0.226 e. The van der Waals surface area contributed by atoms with Crippen molar-refractivity contribution in [2.75, 3.05) is 7.11 Å². The summed E-state index contributed by atoms with van der Waals surface area (Å²) in [6.07, 6.45) is 9.08. The second-order valence-corrected chi connectivity index (χ2v) is 5.47. The largest absolute Gasteiger partial charge is 0.495 e. The van der Waals surface area contributed by atoms with Crippen LogP contribution in [0, 0.1) is 0 Å². The van der Waals surface area contributed by atoms with E-state index >= 15 is 0 Å². The highest BCUT2D eigenvalue weighted by atomic mass is 16.5. The fraction of sp³-hybridized carbons (Fsp3) is 0.143. The van der Waals surface area contributed by atoms with Gasteiger partial charge in [-0.2, -0.15) is 0 Å². The zero-order valence-electron chi connectivity index (χ0n) is 14.8. The molecule has 0 spiro atoms. The molecule has 26 heavy (non-hydrogen) atoms. The second kappa shape index (κ2) is 8.16. The summed E-state index contributed by atoms with van der Waals surface area (Å²) < 4.78 is 16.7. The number of methoxy groups -OCH3 is 1. The molecule has 0 unspecified atom stereocenters. The number of hydrogen-bond donors (Lipinski definition) is 0. The van der Waals surface area contributed by atoms with Crippen LogP contribution in [0.15, 0.2) is 71.8 Å². The summed E-state index contributed by atoms with van der Waals surface area (Å²) in [5.74, 6) is 1.99. The lowest BCUT2D eigenvalue weighted by atomic mass is 10.2. The van der Waals surface area contributed by atoms with Crippen molar-refractivity contribution in [3.05, 3.63) is 79.0 Å². The molecule has 132 valence electrons. The molecule has 2 aromatic heterocycles. The molecule has 2 heterocycles. The Bertz CT molecular complexity index is 953. The van der Waals surface area contributed by atoms with Gasteiger partial charge in [0, 0.05) is 11.6 Å². The molecule has 0 bridgehead atoms. The van der Waals surface area contributed by atoms with Gasteiger partial charge in [0.15, 0.2) is 5.58 Å². The van der Waals surface area contributed by atoms with Crippen molar-refractivity contribution in [1.82, 2.24) is 9.97 Å². The van der Waals surface area contributed by atoms with Gasteiger partial charge in [0.1, 0.15) is 23.6 Å². The fourth-order valence-corrected chi connectivity index (χ4v) is 2.36. The molecule has 3 rings (SSSR count). The summed E-state index contributed by atoms with van der Waals surface area (Å²) in [4.78, 5) is 8.83. The molecule has 0 aliphatic rings. The molecule has 5 nitrogen and oxygen atoms in total. The summed E-state index contributed by atoms with van der Waals surface area (Å²) in [7, 11) is 1.61. The van der Waals surface area contributed by atoms with E-state index in [-0.39, 0.29) is 0 Å². The summed E-state index contributed by atoms with van der Waals surface area (Å²) in [6, 6.07) is 9.29. The minimum absolute atomic E-state index is 0.363. The number of ether oxygens (including phenoxy) is 2. The molecule has 0 aliphatic heterocycles. The Kier molecular flexibility index (Phi) is 5.49. The van der Waals surface area contributed by atoms with Crippen molar-refractivity contribution in [3.8, 4) is 11.5 Å². The van der Waals surface area contributed by atoms with Gasteiger partial charge < -0.3 is 13.9 Å². The van der Waals surface area contributed by atoms with Gasteiger partial charge in [0.2, 0.25) is 5.89 Å². The SMILES string of the molecule is C=C/C=C\C(=C/C)c1nc2cc(OCc3ccc(OC)cn3)ccc2o1. The molecule has 0 amide bonds. The van der Waals surface area contributed by atoms with Crippen molar-refractivity contribution in [2.45, 2.75) is 13.5 Å². The number of rotatable bonds is 7. The Morgan fingerprint density at radius 3 is 2.77 bits per heavy atom. The first-order chi connectivity index (χ1) is 12.7. The van der Waals surface area contributed by atoms with Crippen LogP contribution >= 0.6 is 0 Å². The van der Waals surface area contributed by atoms with Crippen LogP contribution in [0.1, 0.15) is 18.5 Å². The first-order valence-corrected chi connectivity index (χ1v) is 8.21. The van der Waals surface area contributed by atoms with E-state index in [0.717, 1.165) is 22.5 Å². The zero-order valence-corrected chi connectivity index (χ0v) is 14.8. The second-order valence-electron chi connectivity index (χ2n) is 5.47. The number of aromatic nitrogens is 2. The predicted molar refractivity (Wildman–Crippen MR) is 102 cm³/mol. The molecular weight excluding hydrogens is 328 g/mol. The van der Waals surface area contributed by atoms with Gasteiger partial charge in [0.05, 0.1) is 19.0 Å². The Balaban J connectivity index is 1.76. The van der Waals surface area contributed by atoms with Gasteiger partial charge in [-0.15, -0.1) is 0 Å². The van der Waals surface area contributed by atoms with Crippen molar-refractivity contribution in [1.29, 1.82) is 0 Å². The highest BCUT2D eigenvalue weighted by molar-refractivity contribution is 5.79. The van der Waals surface area contributed by atoms with E-state index in [1.165, 1.54) is 0 Å². The monoisotopic (exact) mass is 348 g/mol. The normalized spacial score (nSPS) is 11.8. The van der Waals surface area contributed by atoms with Crippen molar-refractivity contribution >= 4 is 16.7 Å². The van der Waals surface area contributed by atoms with E-state index in [4.69, 9.17) is 13.9 Å². The lowest BCUT2D eigenvalue weighted by Gasteiger charge is -2.06. The van der Waals surface area contributed by atoms with Crippen LogP contribution in [-0.2, 0) is 6.61 Å². The summed E-state index contributed by atoms with van der Waals surface area (Å²) in [5, 5.41) is 0. The molecule has 0 radical (unpaired) electrons. The highest BCUT2D eigenvalue weighted by Gasteiger charge is 2.09. The highest BCUT2D eigenvalue weighted by Crippen LogP contribution is 2.25. The molecule has 1 aromatic carbocycles. The Labute approximate surface area is 152 Å². The van der Waals surface area contributed by atoms with Gasteiger partial charge in [-0.3, -0.25) is 4.98 Å². The third kappa shape index (κ3) is 4.00. The molecule has 0 N–H and O–H groups in total. The number of nitrogens with zero attached hydrogens (tertiary/aromatic N) is 2. The number of hydrogen-bond acceptors (Lipinski definition) is 5. The van der Waals surface area contributed by atoms with Gasteiger partial charge >= 0.3 is 0 Å². The minimum Gasteiger partial charge on any atom is -0.495 e. The number of pyridine rings is 1. The number of fused-ring (bicyclic) bond motifs is 1. The molecule has 3 aromatic rings. The van der Waals surface area contributed by atoms with Gasteiger partial charge in [-0.25, -0.2) is 4.98 Å². The van der Waals surface area contributed by atoms with E-state index in [1.54, 1.807) is 19.4 Å². The standard InChI is InChI=1S/C21H20N2O3/c1-4-6-7-15(5-2)21-23-19-12-17(10-11-20(19)26-21)25-14-16-8-9-18(24-3)13-22-16/h4-13H,1,14H2,2-3H3/b7-6-,15-5+. The Morgan fingerprint density at radius 2 is 2.08 bits per heavy atom. The van der Waals surface area contributed by atoms with Gasteiger partial charge in [-0.1, -0.05) is 24.8 Å². The number of oxazole rings is 1. The first kappa shape index (κ1) is 17.5. The molecule has 0 fully saturated rings. The lowest BCUT2D eigenvalue weighted by Crippen LogP contribution is -1.98. The maximum Gasteiger partial charge on any atom is 0.226 e. The average molecular weight is 348 g/mol. The topological polar surface area (TPSA) is 57.4 Å². The molecular formula is C21H20N2O3. The van der Waals surface area contributed by atoms with E-state index in [2.05, 4.69) is 16.5 Å². The maximum atomic E-state index is 5.81. The van der Waals surface area contributed by atoms with Crippen LogP contribution in [0.5, 0.6) is 11.5 Å². The van der Waals surface area contributed by atoms with Crippen LogP contribution in [0.25, 0.3) is 16.7 Å². The van der Waals surface area contributed by atoms with E-state index in [1.807, 2.05) is 55.5 Å². The lowest BCUT2D eigenvalue weighted by molar-refractivity contribution is 0.301. The van der Waals surface area contributed by atoms with Crippen molar-refractivity contribution in [3.63, 3.8) is 0 Å². The molecule has 0 aliphatic carbocycles. The van der Waals surface area contributed by atoms with Gasteiger partial charge in [0.25, 0.3) is 0 Å². The fourth-order valence-electron chi connectivity index (χ4n) is 2.36. The van der Waals surface area contributed by atoms with E-state index in [9.17, 15) is 0 Å². The Morgan fingerprint density at radius 1 is 1.23 bits per heavy atom. The third-order valence-electron chi connectivity index (χ3n) is 3.75. The van der Waals surface area contributed by atoms with Crippen LogP contribution < -0.4 is 9.47 Å². The van der Waals surface area contributed by atoms with Crippen molar-refractivity contribution < 1.29 is 13.9 Å². The average Bonchev–Trinajstić information content (AvgIpc) is 3.10. The minimum atomic E-state index is 0.363. The van der Waals surface area contributed by atoms with E-state index in [0.29, 0.717) is 23.8 Å². The number of benzene rings is 1. The van der Waals surface area contributed by atoms with E-state index < -0.39 is 0 Å². The molecule has 0 atom stereocenters. The number of allylic oxidation sites excluding steroid dienone is 5.